The Balaban J connectivity index is 2.02. The van der Waals surface area contributed by atoms with Crippen LogP contribution in [0.2, 0.25) is 5.15 Å². The van der Waals surface area contributed by atoms with Gasteiger partial charge in [0, 0.05) is 30.0 Å². The Labute approximate surface area is 134 Å². The predicted octanol–water partition coefficient (Wildman–Crippen LogP) is 2.63. The molecule has 10 heteroatoms. The number of rotatable bonds is 4. The van der Waals surface area contributed by atoms with E-state index in [0.29, 0.717) is 4.96 Å². The summed E-state index contributed by atoms with van der Waals surface area (Å²) in [6, 6.07) is 0. The van der Waals surface area contributed by atoms with Crippen LogP contribution in [0.4, 0.5) is 0 Å². The van der Waals surface area contributed by atoms with E-state index in [-0.39, 0.29) is 16.7 Å². The molecule has 0 aromatic carbocycles. The van der Waals surface area contributed by atoms with Gasteiger partial charge in [-0.2, -0.15) is 4.31 Å². The number of hydrogen-bond acceptors (Lipinski definition) is 6. The lowest BCUT2D eigenvalue weighted by molar-refractivity contribution is 0.465. The van der Waals surface area contributed by atoms with E-state index in [1.54, 1.807) is 17.1 Å². The summed E-state index contributed by atoms with van der Waals surface area (Å²) in [4.78, 5) is 9.66. The summed E-state index contributed by atoms with van der Waals surface area (Å²) in [6.07, 6.45) is 1.65. The molecule has 0 aliphatic rings. The average Bonchev–Trinajstić information content (AvgIpc) is 3.06. The van der Waals surface area contributed by atoms with Gasteiger partial charge in [-0.1, -0.05) is 11.6 Å². The molecule has 21 heavy (non-hydrogen) atoms. The maximum Gasteiger partial charge on any atom is 0.262 e. The number of hydrogen-bond donors (Lipinski definition) is 0. The van der Waals surface area contributed by atoms with Gasteiger partial charge in [-0.3, -0.25) is 4.40 Å². The number of thiazole rings is 2. The summed E-state index contributed by atoms with van der Waals surface area (Å²) < 4.78 is 28.2. The SMILES string of the molecule is Cc1ncsc1CN(C)S(=O)(=O)c1c(Cl)nc2sccn12. The summed E-state index contributed by atoms with van der Waals surface area (Å²) in [6.45, 7) is 2.11. The predicted molar refractivity (Wildman–Crippen MR) is 83.6 cm³/mol. The minimum atomic E-state index is -3.73. The normalized spacial score (nSPS) is 12.6. The van der Waals surface area contributed by atoms with Crippen molar-refractivity contribution < 1.29 is 8.42 Å². The molecule has 0 unspecified atom stereocenters. The largest absolute Gasteiger partial charge is 0.279 e. The summed E-state index contributed by atoms with van der Waals surface area (Å²) in [5.41, 5.74) is 2.54. The highest BCUT2D eigenvalue weighted by Crippen LogP contribution is 2.28. The number of fused-ring (bicyclic) bond motifs is 1. The van der Waals surface area contributed by atoms with Crippen LogP contribution < -0.4 is 0 Å². The highest BCUT2D eigenvalue weighted by molar-refractivity contribution is 7.89. The van der Waals surface area contributed by atoms with Gasteiger partial charge in [0.25, 0.3) is 10.0 Å². The topological polar surface area (TPSA) is 67.6 Å². The highest BCUT2D eigenvalue weighted by atomic mass is 35.5. The van der Waals surface area contributed by atoms with Crippen molar-refractivity contribution in [3.63, 3.8) is 0 Å². The molecule has 0 saturated heterocycles. The van der Waals surface area contributed by atoms with Crippen LogP contribution in [0.1, 0.15) is 10.6 Å². The second kappa shape index (κ2) is 5.33. The molecule has 3 heterocycles. The van der Waals surface area contributed by atoms with Crippen LogP contribution in [0.25, 0.3) is 4.96 Å². The molecule has 3 rings (SSSR count). The fourth-order valence-corrected chi connectivity index (χ4v) is 5.33. The number of halogens is 1. The zero-order chi connectivity index (χ0) is 15.2. The Hall–Kier alpha value is -1.00. The molecule has 0 aliphatic heterocycles. The van der Waals surface area contributed by atoms with Crippen molar-refractivity contribution in [3.8, 4) is 0 Å². The third-order valence-electron chi connectivity index (χ3n) is 3.04. The Bertz CT molecular complexity index is 896. The van der Waals surface area contributed by atoms with Gasteiger partial charge in [-0.05, 0) is 6.92 Å². The van der Waals surface area contributed by atoms with E-state index in [2.05, 4.69) is 9.97 Å². The van der Waals surface area contributed by atoms with Crippen LogP contribution in [0.15, 0.2) is 22.1 Å². The van der Waals surface area contributed by atoms with Crippen LogP contribution >= 0.6 is 34.3 Å². The summed E-state index contributed by atoms with van der Waals surface area (Å²) in [5, 5.41) is 1.77. The number of aryl methyl sites for hydroxylation is 1. The van der Waals surface area contributed by atoms with Crippen LogP contribution in [0.5, 0.6) is 0 Å². The molecule has 3 aromatic heterocycles. The fourth-order valence-electron chi connectivity index (χ4n) is 1.88. The maximum absolute atomic E-state index is 12.7. The summed E-state index contributed by atoms with van der Waals surface area (Å²) in [7, 11) is -2.20. The van der Waals surface area contributed by atoms with E-state index in [9.17, 15) is 8.42 Å². The Morgan fingerprint density at radius 1 is 1.43 bits per heavy atom. The van der Waals surface area contributed by atoms with Crippen molar-refractivity contribution in [3.05, 3.63) is 32.8 Å². The number of imidazole rings is 1. The lowest BCUT2D eigenvalue weighted by Gasteiger charge is -2.16. The quantitative estimate of drug-likeness (QED) is 0.715. The second-order valence-electron chi connectivity index (χ2n) is 4.39. The molecule has 0 bridgehead atoms. The van der Waals surface area contributed by atoms with Crippen LogP contribution in [-0.2, 0) is 16.6 Å². The van der Waals surface area contributed by atoms with Gasteiger partial charge in [0.1, 0.15) is 0 Å². The molecule has 0 saturated carbocycles. The maximum atomic E-state index is 12.7. The Kier molecular flexibility index (Phi) is 3.78. The lowest BCUT2D eigenvalue weighted by Crippen LogP contribution is -2.27. The van der Waals surface area contributed by atoms with Gasteiger partial charge < -0.3 is 0 Å². The molecule has 3 aromatic rings. The molecule has 0 N–H and O–H groups in total. The lowest BCUT2D eigenvalue weighted by atomic mass is 10.4. The molecule has 112 valence electrons. The van der Waals surface area contributed by atoms with E-state index in [0.717, 1.165) is 10.6 Å². The van der Waals surface area contributed by atoms with Gasteiger partial charge in [0.05, 0.1) is 11.2 Å². The van der Waals surface area contributed by atoms with Crippen molar-refractivity contribution in [1.82, 2.24) is 18.7 Å². The van der Waals surface area contributed by atoms with Gasteiger partial charge in [-0.25, -0.2) is 18.4 Å². The molecule has 0 spiro atoms. The zero-order valence-corrected chi connectivity index (χ0v) is 14.4. The fraction of sp³-hybridized carbons (Fsp3) is 0.273. The molecular formula is C11H11ClN4O2S3. The Morgan fingerprint density at radius 2 is 2.19 bits per heavy atom. The first-order valence-corrected chi connectivity index (χ1v) is 9.45. The molecule has 0 amide bonds. The van der Waals surface area contributed by atoms with Crippen molar-refractivity contribution in [2.75, 3.05) is 7.05 Å². The van der Waals surface area contributed by atoms with Crippen molar-refractivity contribution in [2.24, 2.45) is 0 Å². The third kappa shape index (κ3) is 2.49. The Morgan fingerprint density at radius 3 is 2.86 bits per heavy atom. The number of nitrogens with zero attached hydrogens (tertiary/aromatic N) is 4. The summed E-state index contributed by atoms with van der Waals surface area (Å²) >= 11 is 8.77. The molecule has 6 nitrogen and oxygen atoms in total. The van der Waals surface area contributed by atoms with E-state index in [1.807, 2.05) is 6.92 Å². The van der Waals surface area contributed by atoms with Gasteiger partial charge in [-0.15, -0.1) is 22.7 Å². The number of aromatic nitrogens is 3. The first kappa shape index (κ1) is 14.9. The van der Waals surface area contributed by atoms with E-state index in [1.165, 1.54) is 38.4 Å². The van der Waals surface area contributed by atoms with E-state index < -0.39 is 10.0 Å². The van der Waals surface area contributed by atoms with Gasteiger partial charge in [0.2, 0.25) is 0 Å². The molecule has 0 aliphatic carbocycles. The second-order valence-corrected chi connectivity index (χ2v) is 8.52. The van der Waals surface area contributed by atoms with Crippen molar-refractivity contribution in [1.29, 1.82) is 0 Å². The van der Waals surface area contributed by atoms with E-state index >= 15 is 0 Å². The van der Waals surface area contributed by atoms with Crippen LogP contribution in [0.3, 0.4) is 0 Å². The van der Waals surface area contributed by atoms with Crippen molar-refractivity contribution >= 4 is 49.3 Å². The first-order valence-electron chi connectivity index (χ1n) is 5.87. The molecule has 0 radical (unpaired) electrons. The standard InChI is InChI=1S/C11H11ClN4O2S3/c1-7-8(20-6-13-7)5-15(2)21(17,18)10-9(12)14-11-16(10)3-4-19-11/h3-4,6H,5H2,1-2H3. The minimum absolute atomic E-state index is 0.00471. The van der Waals surface area contributed by atoms with Crippen molar-refractivity contribution in [2.45, 2.75) is 18.5 Å². The molecular weight excluding hydrogens is 352 g/mol. The van der Waals surface area contributed by atoms with Crippen LogP contribution in [0, 0.1) is 6.92 Å². The third-order valence-corrected chi connectivity index (χ3v) is 6.92. The number of sulfonamides is 1. The average molecular weight is 363 g/mol. The van der Waals surface area contributed by atoms with Gasteiger partial charge in [0.15, 0.2) is 15.1 Å². The molecule has 0 atom stereocenters. The first-order chi connectivity index (χ1) is 9.91. The monoisotopic (exact) mass is 362 g/mol. The molecule has 0 fully saturated rings. The smallest absolute Gasteiger partial charge is 0.262 e. The van der Waals surface area contributed by atoms with E-state index in [4.69, 9.17) is 11.6 Å². The zero-order valence-electron chi connectivity index (χ0n) is 11.1. The minimum Gasteiger partial charge on any atom is -0.279 e. The summed E-state index contributed by atoms with van der Waals surface area (Å²) in [5.74, 6) is 0. The van der Waals surface area contributed by atoms with Gasteiger partial charge >= 0.3 is 0 Å². The van der Waals surface area contributed by atoms with Crippen LogP contribution in [-0.4, -0.2) is 34.1 Å². The highest BCUT2D eigenvalue weighted by Gasteiger charge is 2.29.